The van der Waals surface area contributed by atoms with Crippen molar-refractivity contribution in [2.45, 2.75) is 77.4 Å². The van der Waals surface area contributed by atoms with E-state index in [0.29, 0.717) is 17.8 Å². The van der Waals surface area contributed by atoms with Crippen molar-refractivity contribution < 1.29 is 10.2 Å². The van der Waals surface area contributed by atoms with Gasteiger partial charge in [0.05, 0.1) is 11.7 Å². The van der Waals surface area contributed by atoms with Gasteiger partial charge in [-0.1, -0.05) is 32.4 Å². The first-order valence-corrected chi connectivity index (χ1v) is 9.67. The third-order valence-electron chi connectivity index (χ3n) is 8.14. The van der Waals surface area contributed by atoms with Crippen LogP contribution in [0.3, 0.4) is 0 Å². The highest BCUT2D eigenvalue weighted by molar-refractivity contribution is 5.39. The Morgan fingerprint density at radius 2 is 1.91 bits per heavy atom. The fraction of sp³-hybridized carbons (Fsp3) is 0.810. The van der Waals surface area contributed by atoms with Crippen molar-refractivity contribution in [2.24, 2.45) is 29.1 Å². The highest BCUT2D eigenvalue weighted by Gasteiger charge is 2.52. The molecule has 0 radical (unpaired) electrons. The number of hydrogen-bond donors (Lipinski definition) is 2. The molecule has 0 aromatic heterocycles. The molecule has 4 rings (SSSR count). The lowest BCUT2D eigenvalue weighted by Gasteiger charge is -2.45. The summed E-state index contributed by atoms with van der Waals surface area (Å²) >= 11 is 0. The van der Waals surface area contributed by atoms with E-state index < -0.39 is 11.7 Å². The Kier molecular flexibility index (Phi) is 3.59. The Morgan fingerprint density at radius 1 is 1.13 bits per heavy atom. The van der Waals surface area contributed by atoms with Gasteiger partial charge >= 0.3 is 0 Å². The number of hydrogen-bond acceptors (Lipinski definition) is 2. The van der Waals surface area contributed by atoms with Crippen molar-refractivity contribution in [3.05, 3.63) is 23.3 Å². The molecule has 0 aromatic carbocycles. The van der Waals surface area contributed by atoms with Crippen molar-refractivity contribution in [1.82, 2.24) is 0 Å². The molecular weight excluding hydrogens is 284 g/mol. The molecule has 2 N–H and O–H groups in total. The molecule has 0 aliphatic heterocycles. The van der Waals surface area contributed by atoms with Crippen LogP contribution in [0.1, 0.15) is 65.7 Å². The van der Waals surface area contributed by atoms with Crippen LogP contribution < -0.4 is 0 Å². The lowest BCUT2D eigenvalue weighted by Crippen LogP contribution is -2.40. The highest BCUT2D eigenvalue weighted by atomic mass is 16.3. The van der Waals surface area contributed by atoms with E-state index >= 15 is 0 Å². The summed E-state index contributed by atoms with van der Waals surface area (Å²) in [5.74, 6) is 2.44. The van der Waals surface area contributed by atoms with Crippen LogP contribution in [-0.4, -0.2) is 21.9 Å². The molecule has 4 aliphatic rings. The van der Waals surface area contributed by atoms with E-state index in [2.05, 4.69) is 26.8 Å². The van der Waals surface area contributed by atoms with Gasteiger partial charge < -0.3 is 10.2 Å². The lowest BCUT2D eigenvalue weighted by molar-refractivity contribution is 0.00413. The maximum atomic E-state index is 11.2. The second kappa shape index (κ2) is 5.20. The Morgan fingerprint density at radius 3 is 2.70 bits per heavy atom. The number of aliphatic hydroxyl groups is 2. The maximum Gasteiger partial charge on any atom is 0.0898 e. The molecule has 23 heavy (non-hydrogen) atoms. The summed E-state index contributed by atoms with van der Waals surface area (Å²) in [6, 6.07) is 0. The van der Waals surface area contributed by atoms with Gasteiger partial charge in [-0.05, 0) is 85.7 Å². The quantitative estimate of drug-likeness (QED) is 0.702. The van der Waals surface area contributed by atoms with Gasteiger partial charge in [0.15, 0.2) is 0 Å². The molecule has 2 heteroatoms. The molecule has 2 fully saturated rings. The Hall–Kier alpha value is -0.600. The first-order valence-electron chi connectivity index (χ1n) is 9.67. The van der Waals surface area contributed by atoms with Gasteiger partial charge in [0.2, 0.25) is 0 Å². The van der Waals surface area contributed by atoms with Crippen molar-refractivity contribution in [2.75, 3.05) is 0 Å². The van der Waals surface area contributed by atoms with Crippen molar-refractivity contribution >= 4 is 0 Å². The third-order valence-corrected chi connectivity index (χ3v) is 8.14. The average Bonchev–Trinajstić information content (AvgIpc) is 2.71. The fourth-order valence-electron chi connectivity index (χ4n) is 6.27. The molecule has 128 valence electrons. The SMILES string of the molecule is CC1CC2(O)CCC3C(=CC2=CC1O)CCC1(C)C(C)CCC31. The van der Waals surface area contributed by atoms with Crippen LogP contribution in [0, 0.1) is 29.1 Å². The topological polar surface area (TPSA) is 40.5 Å². The van der Waals surface area contributed by atoms with Gasteiger partial charge in [-0.2, -0.15) is 0 Å². The minimum Gasteiger partial charge on any atom is -0.389 e. The van der Waals surface area contributed by atoms with Gasteiger partial charge in [-0.25, -0.2) is 0 Å². The van der Waals surface area contributed by atoms with Gasteiger partial charge in [0.1, 0.15) is 0 Å². The minimum absolute atomic E-state index is 0.152. The van der Waals surface area contributed by atoms with Crippen LogP contribution in [0.4, 0.5) is 0 Å². The minimum atomic E-state index is -0.705. The molecule has 0 saturated heterocycles. The lowest BCUT2D eigenvalue weighted by atomic mass is 9.59. The summed E-state index contributed by atoms with van der Waals surface area (Å²) in [6.07, 6.45) is 11.7. The molecule has 0 heterocycles. The van der Waals surface area contributed by atoms with Gasteiger partial charge in [-0.3, -0.25) is 0 Å². The summed E-state index contributed by atoms with van der Waals surface area (Å²) in [5.41, 5.74) is 2.37. The van der Waals surface area contributed by atoms with Crippen LogP contribution in [0.2, 0.25) is 0 Å². The molecule has 2 saturated carbocycles. The van der Waals surface area contributed by atoms with Crippen molar-refractivity contribution in [3.8, 4) is 0 Å². The normalized spacial score (nSPS) is 52.7. The number of rotatable bonds is 0. The molecule has 0 bridgehead atoms. The predicted octanol–water partition coefficient (Wildman–Crippen LogP) is 4.23. The summed E-state index contributed by atoms with van der Waals surface area (Å²) in [6.45, 7) is 7.01. The fourth-order valence-corrected chi connectivity index (χ4v) is 6.27. The summed E-state index contributed by atoms with van der Waals surface area (Å²) in [7, 11) is 0. The van der Waals surface area contributed by atoms with Crippen LogP contribution in [0.15, 0.2) is 23.3 Å². The van der Waals surface area contributed by atoms with Crippen molar-refractivity contribution in [3.63, 3.8) is 0 Å². The third kappa shape index (κ3) is 2.28. The predicted molar refractivity (Wildman–Crippen MR) is 92.9 cm³/mol. The Bertz CT molecular complexity index is 562. The Labute approximate surface area is 140 Å². The molecule has 2 nitrogen and oxygen atoms in total. The Balaban J connectivity index is 1.70. The monoisotopic (exact) mass is 316 g/mol. The molecule has 7 unspecified atom stereocenters. The van der Waals surface area contributed by atoms with Gasteiger partial charge in [-0.15, -0.1) is 0 Å². The summed E-state index contributed by atoms with van der Waals surface area (Å²) in [4.78, 5) is 0. The van der Waals surface area contributed by atoms with Gasteiger partial charge in [0.25, 0.3) is 0 Å². The van der Waals surface area contributed by atoms with E-state index in [-0.39, 0.29) is 5.92 Å². The summed E-state index contributed by atoms with van der Waals surface area (Å²) in [5, 5.41) is 21.5. The molecule has 0 aromatic rings. The number of aliphatic hydroxyl groups excluding tert-OH is 1. The van der Waals surface area contributed by atoms with E-state index in [0.717, 1.165) is 30.3 Å². The smallest absolute Gasteiger partial charge is 0.0898 e. The molecule has 0 amide bonds. The second-order valence-corrected chi connectivity index (χ2v) is 9.28. The van der Waals surface area contributed by atoms with Crippen LogP contribution >= 0.6 is 0 Å². The molecule has 4 aliphatic carbocycles. The van der Waals surface area contributed by atoms with Gasteiger partial charge in [0, 0.05) is 0 Å². The van der Waals surface area contributed by atoms with Crippen LogP contribution in [0.25, 0.3) is 0 Å². The van der Waals surface area contributed by atoms with E-state index in [4.69, 9.17) is 0 Å². The van der Waals surface area contributed by atoms with E-state index in [1.165, 1.54) is 25.7 Å². The average molecular weight is 316 g/mol. The number of fused-ring (bicyclic) bond motifs is 4. The maximum absolute atomic E-state index is 11.2. The molecular formula is C21H32O2. The second-order valence-electron chi connectivity index (χ2n) is 9.28. The zero-order valence-electron chi connectivity index (χ0n) is 14.9. The standard InChI is InChI=1S/C21H32O2/c1-13-12-21(23)9-7-17-15(10-16(21)11-19(13)22)6-8-20(3)14(2)4-5-18(17)20/h10-11,13-14,17-19,22-23H,4-9,12H2,1-3H3. The zero-order chi connectivity index (χ0) is 16.4. The first kappa shape index (κ1) is 15.9. The molecule has 0 spiro atoms. The zero-order valence-corrected chi connectivity index (χ0v) is 14.9. The van der Waals surface area contributed by atoms with Crippen LogP contribution in [-0.2, 0) is 0 Å². The van der Waals surface area contributed by atoms with E-state index in [1.807, 2.05) is 6.08 Å². The number of allylic oxidation sites excluding steroid dienone is 1. The molecule has 7 atom stereocenters. The largest absolute Gasteiger partial charge is 0.389 e. The highest BCUT2D eigenvalue weighted by Crippen LogP contribution is 2.61. The van der Waals surface area contributed by atoms with Crippen molar-refractivity contribution in [1.29, 1.82) is 0 Å². The van der Waals surface area contributed by atoms with E-state index in [9.17, 15) is 10.2 Å². The van der Waals surface area contributed by atoms with E-state index in [1.54, 1.807) is 5.57 Å². The first-order chi connectivity index (χ1) is 10.8. The summed E-state index contributed by atoms with van der Waals surface area (Å²) < 4.78 is 0. The van der Waals surface area contributed by atoms with Crippen LogP contribution in [0.5, 0.6) is 0 Å².